The second-order valence-electron chi connectivity index (χ2n) is 4.43. The monoisotopic (exact) mass is 297 g/mol. The number of furan rings is 1. The zero-order chi connectivity index (χ0) is 14.4. The molecule has 0 radical (unpaired) electrons. The van der Waals surface area contributed by atoms with Crippen molar-refractivity contribution in [3.8, 4) is 0 Å². The lowest BCUT2D eigenvalue weighted by molar-refractivity contribution is 0.526. The van der Waals surface area contributed by atoms with Crippen LogP contribution >= 0.6 is 11.8 Å². The molecule has 2 aromatic rings. The number of hydrogen-bond donors (Lipinski definition) is 1. The van der Waals surface area contributed by atoms with Crippen LogP contribution in [0.15, 0.2) is 39.8 Å². The summed E-state index contributed by atoms with van der Waals surface area (Å²) in [6.45, 7) is 3.35. The molecule has 5 heteroatoms. The quantitative estimate of drug-likeness (QED) is 0.607. The fraction of sp³-hybridized carbons (Fsp3) is 0.333. The summed E-state index contributed by atoms with van der Waals surface area (Å²) in [5.41, 5.74) is 0.621. The van der Waals surface area contributed by atoms with E-state index in [0.29, 0.717) is 23.6 Å². The van der Waals surface area contributed by atoms with Crippen molar-refractivity contribution in [2.45, 2.75) is 30.5 Å². The topological polar surface area (TPSA) is 25.2 Å². The molecule has 1 heterocycles. The lowest BCUT2D eigenvalue weighted by atomic mass is 10.2. The van der Waals surface area contributed by atoms with Crippen LogP contribution in [0.2, 0.25) is 0 Å². The molecule has 0 aliphatic carbocycles. The first kappa shape index (κ1) is 15.1. The van der Waals surface area contributed by atoms with Crippen molar-refractivity contribution in [1.82, 2.24) is 5.32 Å². The van der Waals surface area contributed by atoms with Gasteiger partial charge in [0.05, 0.1) is 16.9 Å². The molecule has 0 fully saturated rings. The van der Waals surface area contributed by atoms with Crippen LogP contribution in [-0.4, -0.2) is 6.54 Å². The first-order valence-electron chi connectivity index (χ1n) is 6.54. The fourth-order valence-electron chi connectivity index (χ4n) is 1.80. The molecule has 0 saturated heterocycles. The maximum absolute atomic E-state index is 13.9. The van der Waals surface area contributed by atoms with Gasteiger partial charge >= 0.3 is 0 Å². The van der Waals surface area contributed by atoms with Gasteiger partial charge in [-0.2, -0.15) is 0 Å². The predicted molar refractivity (Wildman–Crippen MR) is 76.6 cm³/mol. The van der Waals surface area contributed by atoms with Crippen LogP contribution in [-0.2, 0) is 12.3 Å². The minimum Gasteiger partial charge on any atom is -0.468 e. The molecule has 0 saturated carbocycles. The largest absolute Gasteiger partial charge is 0.468 e. The first-order valence-corrected chi connectivity index (χ1v) is 7.53. The maximum atomic E-state index is 13.9. The normalized spacial score (nSPS) is 10.9. The van der Waals surface area contributed by atoms with Crippen molar-refractivity contribution in [2.24, 2.45) is 0 Å². The van der Waals surface area contributed by atoms with Gasteiger partial charge in [-0.05, 0) is 42.8 Å². The summed E-state index contributed by atoms with van der Waals surface area (Å²) in [7, 11) is 0. The minimum atomic E-state index is -0.519. The Morgan fingerprint density at radius 2 is 2.00 bits per heavy atom. The number of halogens is 2. The molecule has 0 unspecified atom stereocenters. The van der Waals surface area contributed by atoms with Crippen LogP contribution in [0.4, 0.5) is 8.78 Å². The number of nitrogens with one attached hydrogen (secondary N) is 1. The second kappa shape index (κ2) is 7.45. The smallest absolute Gasteiger partial charge is 0.140 e. The lowest BCUT2D eigenvalue weighted by Gasteiger charge is -2.08. The van der Waals surface area contributed by atoms with Crippen molar-refractivity contribution in [1.29, 1.82) is 0 Å². The van der Waals surface area contributed by atoms with E-state index in [-0.39, 0.29) is 4.90 Å². The summed E-state index contributed by atoms with van der Waals surface area (Å²) >= 11 is 1.10. The van der Waals surface area contributed by atoms with Gasteiger partial charge in [-0.1, -0.05) is 6.92 Å². The summed E-state index contributed by atoms with van der Waals surface area (Å²) < 4.78 is 33.0. The average Bonchev–Trinajstić information content (AvgIpc) is 2.91. The van der Waals surface area contributed by atoms with Crippen LogP contribution in [0, 0.1) is 11.6 Å². The van der Waals surface area contributed by atoms with Crippen molar-refractivity contribution in [3.05, 3.63) is 53.5 Å². The van der Waals surface area contributed by atoms with E-state index in [0.717, 1.165) is 24.7 Å². The number of rotatable bonds is 7. The van der Waals surface area contributed by atoms with Crippen LogP contribution in [0.25, 0.3) is 0 Å². The van der Waals surface area contributed by atoms with Gasteiger partial charge < -0.3 is 9.73 Å². The molecule has 1 aromatic carbocycles. The minimum absolute atomic E-state index is 0.0423. The van der Waals surface area contributed by atoms with Gasteiger partial charge in [0.1, 0.15) is 17.4 Å². The van der Waals surface area contributed by atoms with Crippen LogP contribution in [0.3, 0.4) is 0 Å². The van der Waals surface area contributed by atoms with Crippen LogP contribution < -0.4 is 5.32 Å². The van der Waals surface area contributed by atoms with E-state index in [4.69, 9.17) is 4.42 Å². The third kappa shape index (κ3) is 4.08. The Hall–Kier alpha value is -1.33. The summed E-state index contributed by atoms with van der Waals surface area (Å²) in [4.78, 5) is 0.0423. The maximum Gasteiger partial charge on any atom is 0.140 e. The van der Waals surface area contributed by atoms with Crippen LogP contribution in [0.5, 0.6) is 0 Å². The Morgan fingerprint density at radius 1 is 1.25 bits per heavy atom. The molecule has 0 spiro atoms. The highest BCUT2D eigenvalue weighted by molar-refractivity contribution is 7.98. The molecular formula is C15H17F2NOS. The highest BCUT2D eigenvalue weighted by Crippen LogP contribution is 2.29. The molecule has 20 heavy (non-hydrogen) atoms. The number of thioether (sulfide) groups is 1. The van der Waals surface area contributed by atoms with E-state index in [1.807, 2.05) is 6.92 Å². The highest BCUT2D eigenvalue weighted by Gasteiger charge is 2.12. The zero-order valence-electron chi connectivity index (χ0n) is 11.3. The van der Waals surface area contributed by atoms with Gasteiger partial charge in [0.2, 0.25) is 0 Å². The fourth-order valence-corrected chi connectivity index (χ4v) is 2.64. The number of hydrogen-bond acceptors (Lipinski definition) is 3. The first-order chi connectivity index (χ1) is 9.70. The SMILES string of the molecule is CCCNCc1cc(F)c(SCc2ccco2)c(F)c1. The van der Waals surface area contributed by atoms with Gasteiger partial charge in [0.15, 0.2) is 0 Å². The molecule has 1 aromatic heterocycles. The zero-order valence-corrected chi connectivity index (χ0v) is 12.1. The molecule has 1 N–H and O–H groups in total. The highest BCUT2D eigenvalue weighted by atomic mass is 32.2. The van der Waals surface area contributed by atoms with Gasteiger partial charge in [-0.3, -0.25) is 0 Å². The summed E-state index contributed by atoms with van der Waals surface area (Å²) in [6.07, 6.45) is 2.53. The van der Waals surface area contributed by atoms with E-state index in [9.17, 15) is 8.78 Å². The van der Waals surface area contributed by atoms with Gasteiger partial charge in [0.25, 0.3) is 0 Å². The van der Waals surface area contributed by atoms with Crippen molar-refractivity contribution < 1.29 is 13.2 Å². The van der Waals surface area contributed by atoms with Gasteiger partial charge in [-0.25, -0.2) is 8.78 Å². The Labute approximate surface area is 121 Å². The molecular weight excluding hydrogens is 280 g/mol. The van der Waals surface area contributed by atoms with E-state index < -0.39 is 11.6 Å². The molecule has 0 bridgehead atoms. The third-order valence-electron chi connectivity index (χ3n) is 2.75. The Kier molecular flexibility index (Phi) is 5.61. The van der Waals surface area contributed by atoms with Gasteiger partial charge in [0, 0.05) is 6.54 Å². The van der Waals surface area contributed by atoms with Crippen molar-refractivity contribution >= 4 is 11.8 Å². The Bertz CT molecular complexity index is 520. The van der Waals surface area contributed by atoms with E-state index in [2.05, 4.69) is 5.32 Å². The third-order valence-corrected chi connectivity index (χ3v) is 3.86. The average molecular weight is 297 g/mol. The molecule has 108 valence electrons. The van der Waals surface area contributed by atoms with Crippen LogP contribution in [0.1, 0.15) is 24.7 Å². The predicted octanol–water partition coefficient (Wildman–Crippen LogP) is 4.35. The molecule has 0 aliphatic heterocycles. The molecule has 0 atom stereocenters. The molecule has 2 rings (SSSR count). The Balaban J connectivity index is 2.02. The second-order valence-corrected chi connectivity index (χ2v) is 5.42. The summed E-state index contributed by atoms with van der Waals surface area (Å²) in [5.74, 6) is 0.0704. The molecule has 0 amide bonds. The molecule has 0 aliphatic rings. The summed E-state index contributed by atoms with van der Waals surface area (Å²) in [5, 5.41) is 3.12. The van der Waals surface area contributed by atoms with E-state index in [1.165, 1.54) is 12.1 Å². The van der Waals surface area contributed by atoms with E-state index in [1.54, 1.807) is 18.4 Å². The standard InChI is InChI=1S/C15H17F2NOS/c1-2-5-18-9-11-7-13(16)15(14(17)8-11)20-10-12-4-3-6-19-12/h3-4,6-8,18H,2,5,9-10H2,1H3. The van der Waals surface area contributed by atoms with Crippen molar-refractivity contribution in [2.75, 3.05) is 6.54 Å². The number of benzene rings is 1. The Morgan fingerprint density at radius 3 is 2.60 bits per heavy atom. The van der Waals surface area contributed by atoms with Gasteiger partial charge in [-0.15, -0.1) is 11.8 Å². The van der Waals surface area contributed by atoms with Crippen molar-refractivity contribution in [3.63, 3.8) is 0 Å². The molecule has 2 nitrogen and oxygen atoms in total. The van der Waals surface area contributed by atoms with E-state index >= 15 is 0 Å². The summed E-state index contributed by atoms with van der Waals surface area (Å²) in [6, 6.07) is 6.31. The lowest BCUT2D eigenvalue weighted by Crippen LogP contribution is -2.14.